The van der Waals surface area contributed by atoms with Crippen molar-refractivity contribution in [3.63, 3.8) is 0 Å². The van der Waals surface area contributed by atoms with Gasteiger partial charge in [-0.15, -0.1) is 0 Å². The van der Waals surface area contributed by atoms with Gasteiger partial charge in [0.2, 0.25) is 5.91 Å². The van der Waals surface area contributed by atoms with Crippen LogP contribution in [0.4, 0.5) is 5.69 Å². The number of amides is 2. The molecule has 0 spiro atoms. The van der Waals surface area contributed by atoms with Crippen LogP contribution >= 0.6 is 0 Å². The number of likely N-dealkylation sites (N-methyl/N-ethyl adjacent to an activating group) is 1. The molecule has 7 heteroatoms. The zero-order valence-corrected chi connectivity index (χ0v) is 16.0. The average Bonchev–Trinajstić information content (AvgIpc) is 3.18. The number of carbonyl (C=O) groups is 3. The summed E-state index contributed by atoms with van der Waals surface area (Å²) in [5.74, 6) is 0.124. The molecule has 0 aromatic heterocycles. The van der Waals surface area contributed by atoms with Gasteiger partial charge in [-0.3, -0.25) is 14.4 Å². The predicted molar refractivity (Wildman–Crippen MR) is 101 cm³/mol. The lowest BCUT2D eigenvalue weighted by molar-refractivity contribution is -0.152. The highest BCUT2D eigenvalue weighted by Gasteiger charge is 2.18. The highest BCUT2D eigenvalue weighted by Crippen LogP contribution is 2.28. The highest BCUT2D eigenvalue weighted by atomic mass is 16.5. The molecule has 0 unspecified atom stereocenters. The van der Waals surface area contributed by atoms with Crippen LogP contribution < -0.4 is 10.1 Å². The lowest BCUT2D eigenvalue weighted by Gasteiger charge is -2.17. The van der Waals surface area contributed by atoms with Crippen LogP contribution in [0.15, 0.2) is 24.3 Å². The molecule has 1 aromatic carbocycles. The first-order valence-electron chi connectivity index (χ1n) is 9.31. The summed E-state index contributed by atoms with van der Waals surface area (Å²) in [6, 6.07) is 6.95. The Kier molecular flexibility index (Phi) is 8.10. The summed E-state index contributed by atoms with van der Waals surface area (Å²) in [5.41, 5.74) is 0.582. The second-order valence-electron chi connectivity index (χ2n) is 6.88. The normalized spacial score (nSPS) is 13.9. The molecule has 1 fully saturated rings. The van der Waals surface area contributed by atoms with E-state index in [0.29, 0.717) is 23.8 Å². The van der Waals surface area contributed by atoms with Gasteiger partial charge >= 0.3 is 5.97 Å². The lowest BCUT2D eigenvalue weighted by atomic mass is 10.0. The van der Waals surface area contributed by atoms with Crippen LogP contribution in [0, 0.1) is 5.92 Å². The van der Waals surface area contributed by atoms with Crippen molar-refractivity contribution in [1.29, 1.82) is 0 Å². The van der Waals surface area contributed by atoms with Crippen LogP contribution in [0.2, 0.25) is 0 Å². The summed E-state index contributed by atoms with van der Waals surface area (Å²) in [4.78, 5) is 37.1. The maximum atomic E-state index is 12.1. The second kappa shape index (κ2) is 10.5. The fourth-order valence-corrected chi connectivity index (χ4v) is 3.15. The number of nitrogens with zero attached hydrogens (tertiary/aromatic N) is 1. The van der Waals surface area contributed by atoms with E-state index in [1.807, 2.05) is 0 Å². The molecule has 0 heterocycles. The first-order chi connectivity index (χ1) is 13.0. The Hall–Kier alpha value is -2.57. The number of hydrogen-bond acceptors (Lipinski definition) is 5. The Bertz CT molecular complexity index is 656. The van der Waals surface area contributed by atoms with Gasteiger partial charge < -0.3 is 19.7 Å². The lowest BCUT2D eigenvalue weighted by Crippen LogP contribution is -2.37. The molecule has 0 atom stereocenters. The van der Waals surface area contributed by atoms with Gasteiger partial charge in [-0.2, -0.15) is 0 Å². The molecule has 0 aliphatic heterocycles. The summed E-state index contributed by atoms with van der Waals surface area (Å²) in [6.45, 7) is -0.470. The van der Waals surface area contributed by atoms with E-state index < -0.39 is 5.91 Å². The van der Waals surface area contributed by atoms with Gasteiger partial charge in [-0.1, -0.05) is 31.7 Å². The van der Waals surface area contributed by atoms with Crippen molar-refractivity contribution in [2.24, 2.45) is 5.92 Å². The van der Waals surface area contributed by atoms with E-state index in [4.69, 9.17) is 9.47 Å². The zero-order chi connectivity index (χ0) is 19.6. The van der Waals surface area contributed by atoms with E-state index in [1.54, 1.807) is 31.4 Å². The monoisotopic (exact) mass is 376 g/mol. The number of ether oxygens (including phenoxy) is 2. The van der Waals surface area contributed by atoms with E-state index >= 15 is 0 Å². The molecule has 2 amide bonds. The van der Waals surface area contributed by atoms with Gasteiger partial charge in [0.1, 0.15) is 5.75 Å². The quantitative estimate of drug-likeness (QED) is 0.670. The molecule has 1 aliphatic rings. The minimum Gasteiger partial charge on any atom is -0.497 e. The molecule has 1 aliphatic carbocycles. The SMILES string of the molecule is COc1cccc(NC(=O)CN(C)C(=O)COC(=O)CCC2CCCC2)c1. The van der Waals surface area contributed by atoms with Gasteiger partial charge in [0.15, 0.2) is 6.61 Å². The van der Waals surface area contributed by atoms with E-state index in [9.17, 15) is 14.4 Å². The fourth-order valence-electron chi connectivity index (χ4n) is 3.15. The van der Waals surface area contributed by atoms with Gasteiger partial charge in [0.05, 0.1) is 13.7 Å². The summed E-state index contributed by atoms with van der Waals surface area (Å²) in [6.07, 6.45) is 6.00. The van der Waals surface area contributed by atoms with Crippen LogP contribution in [0.1, 0.15) is 38.5 Å². The number of carbonyl (C=O) groups excluding carboxylic acids is 3. The molecule has 0 bridgehead atoms. The van der Waals surface area contributed by atoms with E-state index in [2.05, 4.69) is 5.32 Å². The third kappa shape index (κ3) is 7.29. The molecule has 7 nitrogen and oxygen atoms in total. The van der Waals surface area contributed by atoms with Crippen LogP contribution in [0.25, 0.3) is 0 Å². The fraction of sp³-hybridized carbons (Fsp3) is 0.550. The molecular formula is C20H28N2O5. The van der Waals surface area contributed by atoms with Crippen LogP contribution in [0.3, 0.4) is 0 Å². The van der Waals surface area contributed by atoms with E-state index in [1.165, 1.54) is 37.6 Å². The number of methoxy groups -OCH3 is 1. The Morgan fingerprint density at radius 2 is 1.96 bits per heavy atom. The largest absolute Gasteiger partial charge is 0.497 e. The molecule has 0 saturated heterocycles. The summed E-state index contributed by atoms with van der Waals surface area (Å²) in [7, 11) is 3.04. The average molecular weight is 376 g/mol. The first-order valence-corrected chi connectivity index (χ1v) is 9.31. The third-order valence-corrected chi connectivity index (χ3v) is 4.75. The second-order valence-corrected chi connectivity index (χ2v) is 6.88. The van der Waals surface area contributed by atoms with Crippen molar-refractivity contribution < 1.29 is 23.9 Å². The number of anilines is 1. The molecule has 2 rings (SSSR count). The van der Waals surface area contributed by atoms with Gasteiger partial charge in [0, 0.05) is 25.2 Å². The molecule has 1 aromatic rings. The zero-order valence-electron chi connectivity index (χ0n) is 16.0. The van der Waals surface area contributed by atoms with Crippen LogP contribution in [-0.2, 0) is 19.1 Å². The summed E-state index contributed by atoms with van der Waals surface area (Å²) >= 11 is 0. The van der Waals surface area contributed by atoms with Crippen molar-refractivity contribution >= 4 is 23.5 Å². The van der Waals surface area contributed by atoms with E-state index in [0.717, 1.165) is 6.42 Å². The molecular weight excluding hydrogens is 348 g/mol. The summed E-state index contributed by atoms with van der Waals surface area (Å²) in [5, 5.41) is 2.70. The minimum absolute atomic E-state index is 0.129. The number of esters is 1. The van der Waals surface area contributed by atoms with Gasteiger partial charge in [0.25, 0.3) is 5.91 Å². The Balaban J connectivity index is 1.67. The minimum atomic E-state index is -0.412. The molecule has 27 heavy (non-hydrogen) atoms. The molecule has 1 saturated carbocycles. The first kappa shape index (κ1) is 20.7. The Morgan fingerprint density at radius 3 is 2.67 bits per heavy atom. The van der Waals surface area contributed by atoms with Crippen molar-refractivity contribution in [3.05, 3.63) is 24.3 Å². The molecule has 1 N–H and O–H groups in total. The maximum Gasteiger partial charge on any atom is 0.306 e. The molecule has 0 radical (unpaired) electrons. The number of hydrogen-bond donors (Lipinski definition) is 1. The van der Waals surface area contributed by atoms with Gasteiger partial charge in [-0.25, -0.2) is 0 Å². The van der Waals surface area contributed by atoms with Crippen LogP contribution in [-0.4, -0.2) is 50.0 Å². The number of nitrogens with one attached hydrogen (secondary N) is 1. The summed E-state index contributed by atoms with van der Waals surface area (Å²) < 4.78 is 10.1. The van der Waals surface area contributed by atoms with Crippen LogP contribution in [0.5, 0.6) is 5.75 Å². The predicted octanol–water partition coefficient (Wildman–Crippen LogP) is 2.61. The van der Waals surface area contributed by atoms with Crippen molar-refractivity contribution in [2.75, 3.05) is 32.6 Å². The standard InChI is InChI=1S/C20H28N2O5/c1-22(13-18(23)21-16-8-5-9-17(12-16)26-2)19(24)14-27-20(25)11-10-15-6-3-4-7-15/h5,8-9,12,15H,3-4,6-7,10-11,13-14H2,1-2H3,(H,21,23). The Morgan fingerprint density at radius 1 is 1.22 bits per heavy atom. The van der Waals surface area contributed by atoms with E-state index in [-0.39, 0.29) is 25.0 Å². The Labute approximate surface area is 160 Å². The smallest absolute Gasteiger partial charge is 0.306 e. The van der Waals surface area contributed by atoms with Gasteiger partial charge in [-0.05, 0) is 24.5 Å². The van der Waals surface area contributed by atoms with Crippen molar-refractivity contribution in [3.8, 4) is 5.75 Å². The van der Waals surface area contributed by atoms with Crippen molar-refractivity contribution in [2.45, 2.75) is 38.5 Å². The molecule has 148 valence electrons. The topological polar surface area (TPSA) is 84.9 Å². The van der Waals surface area contributed by atoms with Crippen molar-refractivity contribution in [1.82, 2.24) is 4.90 Å². The number of benzene rings is 1. The highest BCUT2D eigenvalue weighted by molar-refractivity contribution is 5.94. The number of rotatable bonds is 9. The third-order valence-electron chi connectivity index (χ3n) is 4.75. The maximum absolute atomic E-state index is 12.1.